The second-order valence-electron chi connectivity index (χ2n) is 2.61. The minimum absolute atomic E-state index is 0.949. The van der Waals surface area contributed by atoms with Gasteiger partial charge in [-0.05, 0) is 6.58 Å². The van der Waals surface area contributed by atoms with Crippen LogP contribution in [0.25, 0.3) is 0 Å². The standard InChI is InChI=1S/C4H4O5.C3H5O6P/c5-2(4(8)9)1-3(6)7;1-2(3(4)5)9-10(6,7)8/h1H2,(H,6,7)(H,8,9);1H2,(H,4,5)(H2,6,7,8). The Balaban J connectivity index is 0. The molecule has 0 aromatic rings. The Bertz CT molecular complexity index is 444. The maximum Gasteiger partial charge on any atom is 0.525 e. The molecule has 0 heterocycles. The van der Waals surface area contributed by atoms with E-state index in [1.807, 2.05) is 0 Å². The molecule has 5 N–H and O–H groups in total. The summed E-state index contributed by atoms with van der Waals surface area (Å²) in [5.74, 6) is -7.03. The molecule has 0 aromatic heterocycles. The highest BCUT2D eigenvalue weighted by molar-refractivity contribution is 7.46. The number of ketones is 1. The van der Waals surface area contributed by atoms with Gasteiger partial charge in [0.2, 0.25) is 5.76 Å². The van der Waals surface area contributed by atoms with Crippen molar-refractivity contribution in [1.82, 2.24) is 0 Å². The number of aliphatic carboxylic acids is 3. The minimum Gasteiger partial charge on any atom is -0.481 e. The van der Waals surface area contributed by atoms with E-state index in [4.69, 9.17) is 25.1 Å². The van der Waals surface area contributed by atoms with E-state index in [9.17, 15) is 23.7 Å². The van der Waals surface area contributed by atoms with Gasteiger partial charge in [0.1, 0.15) is 6.42 Å². The SMILES string of the molecule is C=C(OP(=O)(O)O)C(=O)O.O=C(O)CC(=O)C(=O)O. The zero-order chi connectivity index (χ0) is 15.8. The Morgan fingerprint density at radius 1 is 1.00 bits per heavy atom. The van der Waals surface area contributed by atoms with Crippen molar-refractivity contribution in [3.8, 4) is 0 Å². The normalized spacial score (nSPS) is 9.58. The van der Waals surface area contributed by atoms with Crippen LogP contribution in [0.4, 0.5) is 0 Å². The summed E-state index contributed by atoms with van der Waals surface area (Å²) < 4.78 is 13.5. The monoisotopic (exact) mass is 300 g/mol. The number of carbonyl (C=O) groups excluding carboxylic acids is 1. The quantitative estimate of drug-likeness (QED) is 0.130. The minimum atomic E-state index is -4.76. The van der Waals surface area contributed by atoms with E-state index in [1.165, 1.54) is 0 Å². The maximum atomic E-state index is 9.97. The number of hydrogen-bond acceptors (Lipinski definition) is 6. The van der Waals surface area contributed by atoms with E-state index >= 15 is 0 Å². The first-order valence-electron chi connectivity index (χ1n) is 4.02. The highest BCUT2D eigenvalue weighted by atomic mass is 31.2. The summed E-state index contributed by atoms with van der Waals surface area (Å²) >= 11 is 0. The van der Waals surface area contributed by atoms with E-state index < -0.39 is 43.7 Å². The third-order valence-corrected chi connectivity index (χ3v) is 1.48. The van der Waals surface area contributed by atoms with Gasteiger partial charge in [0.05, 0.1) is 0 Å². The van der Waals surface area contributed by atoms with Crippen molar-refractivity contribution < 1.29 is 53.4 Å². The third kappa shape index (κ3) is 13.7. The van der Waals surface area contributed by atoms with Gasteiger partial charge in [-0.1, -0.05) is 0 Å². The molecule has 0 aliphatic heterocycles. The lowest BCUT2D eigenvalue weighted by molar-refractivity contribution is -0.152. The first-order chi connectivity index (χ1) is 8.36. The van der Waals surface area contributed by atoms with Gasteiger partial charge < -0.3 is 19.8 Å². The van der Waals surface area contributed by atoms with E-state index in [0.29, 0.717) is 0 Å². The molecule has 0 radical (unpaired) electrons. The van der Waals surface area contributed by atoms with Gasteiger partial charge in [0.15, 0.2) is 0 Å². The van der Waals surface area contributed by atoms with Crippen molar-refractivity contribution >= 4 is 31.5 Å². The molecule has 0 aliphatic rings. The molecule has 0 atom stereocenters. The second-order valence-corrected chi connectivity index (χ2v) is 3.77. The fraction of sp³-hybridized carbons (Fsp3) is 0.143. The summed E-state index contributed by atoms with van der Waals surface area (Å²) in [6, 6.07) is 0. The molecule has 0 unspecified atom stereocenters. The summed E-state index contributed by atoms with van der Waals surface area (Å²) in [5, 5.41) is 23.6. The van der Waals surface area contributed by atoms with Crippen LogP contribution in [-0.2, 0) is 28.3 Å². The number of phosphoric ester groups is 1. The number of phosphoric acid groups is 1. The number of rotatable bonds is 6. The first-order valence-corrected chi connectivity index (χ1v) is 5.55. The second kappa shape index (κ2) is 7.97. The van der Waals surface area contributed by atoms with Crippen LogP contribution in [-0.4, -0.2) is 48.8 Å². The van der Waals surface area contributed by atoms with Crippen molar-refractivity contribution in [3.63, 3.8) is 0 Å². The van der Waals surface area contributed by atoms with Crippen molar-refractivity contribution in [3.05, 3.63) is 12.3 Å². The summed E-state index contributed by atoms with van der Waals surface area (Å²) in [4.78, 5) is 55.0. The van der Waals surface area contributed by atoms with Crippen LogP contribution in [0.5, 0.6) is 0 Å². The van der Waals surface area contributed by atoms with E-state index in [-0.39, 0.29) is 0 Å². The van der Waals surface area contributed by atoms with Gasteiger partial charge in [-0.3, -0.25) is 19.4 Å². The van der Waals surface area contributed by atoms with Gasteiger partial charge in [-0.15, -0.1) is 0 Å². The van der Waals surface area contributed by atoms with Crippen LogP contribution in [0, 0.1) is 0 Å². The summed E-state index contributed by atoms with van der Waals surface area (Å²) in [6.45, 7) is 2.73. The van der Waals surface area contributed by atoms with Gasteiger partial charge in [0, 0.05) is 0 Å². The van der Waals surface area contributed by atoms with Crippen molar-refractivity contribution in [2.45, 2.75) is 6.42 Å². The highest BCUT2D eigenvalue weighted by Crippen LogP contribution is 2.38. The summed E-state index contributed by atoms with van der Waals surface area (Å²) in [5.41, 5.74) is 0. The zero-order valence-corrected chi connectivity index (χ0v) is 9.94. The van der Waals surface area contributed by atoms with Crippen LogP contribution in [0.3, 0.4) is 0 Å². The Morgan fingerprint density at radius 2 is 1.42 bits per heavy atom. The number of carbonyl (C=O) groups is 4. The van der Waals surface area contributed by atoms with Crippen molar-refractivity contribution in [1.29, 1.82) is 0 Å². The van der Waals surface area contributed by atoms with E-state index in [1.54, 1.807) is 0 Å². The zero-order valence-electron chi connectivity index (χ0n) is 9.05. The topological polar surface area (TPSA) is 196 Å². The van der Waals surface area contributed by atoms with Crippen LogP contribution in [0.15, 0.2) is 12.3 Å². The number of carboxylic acids is 3. The molecule has 0 bridgehead atoms. The lowest BCUT2D eigenvalue weighted by Crippen LogP contribution is -2.16. The van der Waals surface area contributed by atoms with Gasteiger partial charge in [0.25, 0.3) is 5.78 Å². The predicted molar refractivity (Wildman–Crippen MR) is 54.8 cm³/mol. The Hall–Kier alpha value is -2.23. The van der Waals surface area contributed by atoms with Crippen molar-refractivity contribution in [2.24, 2.45) is 0 Å². The molecule has 0 fully saturated rings. The molecular formula is C7H9O11P. The van der Waals surface area contributed by atoms with E-state index in [0.717, 1.165) is 0 Å². The fourth-order valence-electron chi connectivity index (χ4n) is 0.396. The lowest BCUT2D eigenvalue weighted by atomic mass is 10.3. The van der Waals surface area contributed by atoms with Crippen molar-refractivity contribution in [2.75, 3.05) is 0 Å². The van der Waals surface area contributed by atoms with Gasteiger partial charge in [-0.2, -0.15) is 0 Å². The molecular weight excluding hydrogens is 291 g/mol. The number of Topliss-reactive ketones (excluding diaryl/α,β-unsaturated/α-hetero) is 1. The fourth-order valence-corrected chi connectivity index (χ4v) is 0.761. The molecule has 0 aromatic carbocycles. The third-order valence-electron chi connectivity index (χ3n) is 1.02. The summed E-state index contributed by atoms with van der Waals surface area (Å²) in [7, 11) is -4.76. The molecule has 0 aliphatic carbocycles. The smallest absolute Gasteiger partial charge is 0.481 e. The molecule has 0 amide bonds. The molecule has 108 valence electrons. The molecule has 0 rings (SSSR count). The first kappa shape index (κ1) is 19.1. The average molecular weight is 300 g/mol. The lowest BCUT2D eigenvalue weighted by Gasteiger charge is -2.03. The highest BCUT2D eigenvalue weighted by Gasteiger charge is 2.20. The Labute approximate surface area is 105 Å². The molecule has 12 heteroatoms. The molecule has 0 saturated carbocycles. The maximum absolute atomic E-state index is 9.97. The number of hydrogen-bond donors (Lipinski definition) is 5. The van der Waals surface area contributed by atoms with Crippen LogP contribution in [0.2, 0.25) is 0 Å². The van der Waals surface area contributed by atoms with Gasteiger partial charge in [-0.25, -0.2) is 14.2 Å². The number of carboxylic acid groups (broad SMARTS) is 3. The van der Waals surface area contributed by atoms with Gasteiger partial charge >= 0.3 is 25.7 Å². The molecule has 19 heavy (non-hydrogen) atoms. The average Bonchev–Trinajstić information content (AvgIpc) is 2.14. The van der Waals surface area contributed by atoms with Crippen LogP contribution in [0.1, 0.15) is 6.42 Å². The Morgan fingerprint density at radius 3 is 1.53 bits per heavy atom. The molecule has 11 nitrogen and oxygen atoms in total. The molecule has 0 spiro atoms. The van der Waals surface area contributed by atoms with Crippen LogP contribution < -0.4 is 0 Å². The summed E-state index contributed by atoms with van der Waals surface area (Å²) in [6.07, 6.45) is -0.949. The Kier molecular flexibility index (Phi) is 8.02. The predicted octanol–water partition coefficient (Wildman–Crippen LogP) is -1.19. The molecule has 0 saturated heterocycles. The largest absolute Gasteiger partial charge is 0.525 e. The van der Waals surface area contributed by atoms with E-state index in [2.05, 4.69) is 11.1 Å². The van der Waals surface area contributed by atoms with Crippen LogP contribution >= 0.6 is 7.82 Å².